The number of benzene rings is 2. The largest absolute Gasteiger partial charge is 0.335 e. The van der Waals surface area contributed by atoms with E-state index < -0.39 is 0 Å². The summed E-state index contributed by atoms with van der Waals surface area (Å²) in [6.07, 6.45) is 2.47. The number of fused-ring (bicyclic) bond motifs is 1. The smallest absolute Gasteiger partial charge is 0.257 e. The number of hydrogen-bond acceptors (Lipinski definition) is 4. The van der Waals surface area contributed by atoms with Crippen molar-refractivity contribution in [3.8, 4) is 11.5 Å². The van der Waals surface area contributed by atoms with Gasteiger partial charge in [0.2, 0.25) is 5.91 Å². The van der Waals surface area contributed by atoms with Gasteiger partial charge in [-0.1, -0.05) is 62.3 Å². The number of amides is 1. The highest BCUT2D eigenvalue weighted by Gasteiger charge is 2.39. The number of rotatable bonds is 3. The molecule has 0 N–H and O–H groups in total. The minimum absolute atomic E-state index is 0.0170. The molecule has 0 bridgehead atoms. The molecule has 3 aromatic rings. The number of hydrogen-bond donors (Lipinski definition) is 0. The van der Waals surface area contributed by atoms with Crippen molar-refractivity contribution in [1.82, 2.24) is 15.0 Å². The molecule has 5 heteroatoms. The first kappa shape index (κ1) is 19.0. The SMILES string of the molecule is CC(C)(C)c1ccc(-c2nc(C3CC(=O)N(C4CCc5ccccc54)C3)no2)cc1. The summed E-state index contributed by atoms with van der Waals surface area (Å²) in [7, 11) is 0. The highest BCUT2D eigenvalue weighted by Crippen LogP contribution is 2.40. The number of aromatic nitrogens is 2. The minimum atomic E-state index is -0.0170. The summed E-state index contributed by atoms with van der Waals surface area (Å²) in [6.45, 7) is 7.23. The molecule has 1 amide bonds. The second kappa shape index (κ2) is 7.08. The Bertz CT molecular complexity index is 1080. The Hall–Kier alpha value is -2.95. The van der Waals surface area contributed by atoms with Crippen LogP contribution < -0.4 is 0 Å². The van der Waals surface area contributed by atoms with Crippen LogP contribution in [0.5, 0.6) is 0 Å². The van der Waals surface area contributed by atoms with Gasteiger partial charge in [-0.05, 0) is 47.1 Å². The highest BCUT2D eigenvalue weighted by atomic mass is 16.5. The lowest BCUT2D eigenvalue weighted by Crippen LogP contribution is -2.28. The van der Waals surface area contributed by atoms with Gasteiger partial charge < -0.3 is 9.42 Å². The number of likely N-dealkylation sites (tertiary alicyclic amines) is 1. The van der Waals surface area contributed by atoms with Crippen LogP contribution in [-0.4, -0.2) is 27.5 Å². The molecule has 1 aliphatic carbocycles. The number of aryl methyl sites for hydroxylation is 1. The van der Waals surface area contributed by atoms with E-state index in [1.807, 2.05) is 17.0 Å². The molecule has 5 nitrogen and oxygen atoms in total. The van der Waals surface area contributed by atoms with Crippen molar-refractivity contribution in [3.05, 3.63) is 71.0 Å². The lowest BCUT2D eigenvalue weighted by Gasteiger charge is -2.25. The van der Waals surface area contributed by atoms with Gasteiger partial charge in [0.1, 0.15) is 0 Å². The Balaban J connectivity index is 1.33. The third-order valence-corrected chi connectivity index (χ3v) is 6.44. The molecule has 154 valence electrons. The van der Waals surface area contributed by atoms with Crippen LogP contribution in [0, 0.1) is 0 Å². The fourth-order valence-corrected chi connectivity index (χ4v) is 4.69. The zero-order valence-corrected chi connectivity index (χ0v) is 17.8. The summed E-state index contributed by atoms with van der Waals surface area (Å²) in [5.74, 6) is 1.31. The molecule has 5 rings (SSSR count). The Morgan fingerprint density at radius 1 is 1.07 bits per heavy atom. The zero-order chi connectivity index (χ0) is 20.9. The van der Waals surface area contributed by atoms with Crippen LogP contribution in [0.25, 0.3) is 11.5 Å². The molecule has 1 aliphatic heterocycles. The maximum atomic E-state index is 12.8. The normalized spacial score (nSPS) is 21.3. The van der Waals surface area contributed by atoms with Crippen molar-refractivity contribution >= 4 is 5.91 Å². The van der Waals surface area contributed by atoms with Gasteiger partial charge >= 0.3 is 0 Å². The Morgan fingerprint density at radius 3 is 2.60 bits per heavy atom. The van der Waals surface area contributed by atoms with E-state index in [9.17, 15) is 4.79 Å². The summed E-state index contributed by atoms with van der Waals surface area (Å²) >= 11 is 0. The average molecular weight is 402 g/mol. The van der Waals surface area contributed by atoms with Gasteiger partial charge in [0.25, 0.3) is 5.89 Å². The average Bonchev–Trinajstić information content (AvgIpc) is 3.45. The zero-order valence-electron chi connectivity index (χ0n) is 17.8. The van der Waals surface area contributed by atoms with Crippen molar-refractivity contribution < 1.29 is 9.32 Å². The summed E-state index contributed by atoms with van der Waals surface area (Å²) in [5, 5.41) is 4.22. The lowest BCUT2D eigenvalue weighted by molar-refractivity contribution is -0.129. The quantitative estimate of drug-likeness (QED) is 0.617. The molecule has 2 aromatic carbocycles. The van der Waals surface area contributed by atoms with Crippen molar-refractivity contribution in [2.45, 2.75) is 57.4 Å². The van der Waals surface area contributed by atoms with Crippen molar-refractivity contribution in [3.63, 3.8) is 0 Å². The molecule has 2 atom stereocenters. The molecule has 1 fully saturated rings. The van der Waals surface area contributed by atoms with Crippen molar-refractivity contribution in [1.29, 1.82) is 0 Å². The van der Waals surface area contributed by atoms with E-state index in [4.69, 9.17) is 4.52 Å². The molecule has 2 heterocycles. The van der Waals surface area contributed by atoms with Gasteiger partial charge in [-0.25, -0.2) is 0 Å². The van der Waals surface area contributed by atoms with Gasteiger partial charge in [-0.2, -0.15) is 4.98 Å². The van der Waals surface area contributed by atoms with Crippen molar-refractivity contribution in [2.75, 3.05) is 6.54 Å². The van der Waals surface area contributed by atoms with Crippen LogP contribution in [-0.2, 0) is 16.6 Å². The molecule has 1 aromatic heterocycles. The third-order valence-electron chi connectivity index (χ3n) is 6.44. The van der Waals surface area contributed by atoms with Gasteiger partial charge in [-0.15, -0.1) is 0 Å². The first-order chi connectivity index (χ1) is 14.4. The first-order valence-corrected chi connectivity index (χ1v) is 10.7. The summed E-state index contributed by atoms with van der Waals surface area (Å²) in [4.78, 5) is 19.5. The van der Waals surface area contributed by atoms with Crippen LogP contribution in [0.4, 0.5) is 0 Å². The maximum Gasteiger partial charge on any atom is 0.257 e. The maximum absolute atomic E-state index is 12.8. The molecule has 2 unspecified atom stereocenters. The summed E-state index contributed by atoms with van der Waals surface area (Å²) in [6, 6.07) is 16.9. The number of carbonyl (C=O) groups excluding carboxylic acids is 1. The minimum Gasteiger partial charge on any atom is -0.335 e. The summed E-state index contributed by atoms with van der Waals surface area (Å²) < 4.78 is 5.55. The molecule has 0 saturated carbocycles. The number of carbonyl (C=O) groups is 1. The van der Waals surface area contributed by atoms with Gasteiger partial charge in [0.05, 0.1) is 6.04 Å². The molecule has 0 spiro atoms. The van der Waals surface area contributed by atoms with E-state index in [-0.39, 0.29) is 23.3 Å². The molecular formula is C25H27N3O2. The number of nitrogens with zero attached hydrogens (tertiary/aromatic N) is 3. The first-order valence-electron chi connectivity index (χ1n) is 10.7. The van der Waals surface area contributed by atoms with Crippen LogP contribution in [0.2, 0.25) is 0 Å². The molecule has 2 aliphatic rings. The fourth-order valence-electron chi connectivity index (χ4n) is 4.69. The van der Waals surface area contributed by atoms with Gasteiger partial charge in [-0.3, -0.25) is 4.79 Å². The standard InChI is InChI=1S/C25H27N3O2/c1-25(2,3)19-11-8-17(9-12-19)24-26-23(27-30-24)18-14-22(29)28(15-18)21-13-10-16-6-4-5-7-20(16)21/h4-9,11-12,18,21H,10,13-15H2,1-3H3. The van der Waals surface area contributed by atoms with E-state index in [2.05, 4.69) is 67.3 Å². The van der Waals surface area contributed by atoms with E-state index in [1.165, 1.54) is 16.7 Å². The molecule has 1 saturated heterocycles. The van der Waals surface area contributed by atoms with E-state index in [0.717, 1.165) is 18.4 Å². The van der Waals surface area contributed by atoms with E-state index in [1.54, 1.807) is 0 Å². The van der Waals surface area contributed by atoms with Crippen LogP contribution in [0.1, 0.15) is 68.1 Å². The van der Waals surface area contributed by atoms with Crippen molar-refractivity contribution in [2.24, 2.45) is 0 Å². The lowest BCUT2D eigenvalue weighted by atomic mass is 9.87. The molecule has 30 heavy (non-hydrogen) atoms. The van der Waals surface area contributed by atoms with E-state index in [0.29, 0.717) is 24.7 Å². The Morgan fingerprint density at radius 2 is 1.83 bits per heavy atom. The molecular weight excluding hydrogens is 374 g/mol. The predicted molar refractivity (Wildman–Crippen MR) is 115 cm³/mol. The Kier molecular flexibility index (Phi) is 4.49. The van der Waals surface area contributed by atoms with Crippen LogP contribution >= 0.6 is 0 Å². The monoisotopic (exact) mass is 401 g/mol. The van der Waals surface area contributed by atoms with E-state index >= 15 is 0 Å². The van der Waals surface area contributed by atoms with Gasteiger partial charge in [0.15, 0.2) is 5.82 Å². The fraction of sp³-hybridized carbons (Fsp3) is 0.400. The van der Waals surface area contributed by atoms with Crippen LogP contribution in [0.15, 0.2) is 53.1 Å². The van der Waals surface area contributed by atoms with Gasteiger partial charge in [0, 0.05) is 24.4 Å². The topological polar surface area (TPSA) is 59.2 Å². The Labute approximate surface area is 177 Å². The third kappa shape index (κ3) is 3.32. The second-order valence-corrected chi connectivity index (χ2v) is 9.49. The highest BCUT2D eigenvalue weighted by molar-refractivity contribution is 5.80. The predicted octanol–water partition coefficient (Wildman–Crippen LogP) is 5.04. The molecule has 0 radical (unpaired) electrons. The second-order valence-electron chi connectivity index (χ2n) is 9.49. The van der Waals surface area contributed by atoms with Crippen LogP contribution in [0.3, 0.4) is 0 Å². The summed E-state index contributed by atoms with van der Waals surface area (Å²) in [5.41, 5.74) is 4.93.